The Morgan fingerprint density at radius 3 is 1.68 bits per heavy atom. The minimum atomic E-state index is -0.345. The molecule has 122 valence electrons. The number of hydrogen-bond acceptors (Lipinski definition) is 2. The standard InChI is InChI=1S/C21H14ClNO2/c1-13-18(22)11-6-12-19(13)23-20(24)16-9-4-2-7-14(16)15-8-3-5-10-17(15)21(23)25/h2-12H,1H3. The van der Waals surface area contributed by atoms with Crippen LogP contribution in [0.3, 0.4) is 0 Å². The van der Waals surface area contributed by atoms with Gasteiger partial charge in [0.15, 0.2) is 0 Å². The van der Waals surface area contributed by atoms with E-state index >= 15 is 0 Å². The van der Waals surface area contributed by atoms with Crippen molar-refractivity contribution < 1.29 is 0 Å². The van der Waals surface area contributed by atoms with E-state index < -0.39 is 0 Å². The predicted molar refractivity (Wildman–Crippen MR) is 103 cm³/mol. The van der Waals surface area contributed by atoms with E-state index in [9.17, 15) is 9.59 Å². The predicted octanol–water partition coefficient (Wildman–Crippen LogP) is 4.47. The largest absolute Gasteiger partial charge is 0.268 e. The SMILES string of the molecule is Cc1c(Cl)cccc1-n1c(=O)c2ccccc2c2ccccc2c1=O. The van der Waals surface area contributed by atoms with Crippen LogP contribution in [0.25, 0.3) is 27.2 Å². The molecule has 0 saturated heterocycles. The number of aromatic nitrogens is 1. The minimum absolute atomic E-state index is 0.345. The van der Waals surface area contributed by atoms with Gasteiger partial charge in [0.05, 0.1) is 5.69 Å². The van der Waals surface area contributed by atoms with E-state index in [1.165, 1.54) is 4.57 Å². The van der Waals surface area contributed by atoms with E-state index in [0.29, 0.717) is 27.0 Å². The fourth-order valence-electron chi connectivity index (χ4n) is 3.20. The molecule has 0 aliphatic rings. The Labute approximate surface area is 148 Å². The second-order valence-corrected chi connectivity index (χ2v) is 6.33. The third kappa shape index (κ3) is 2.36. The van der Waals surface area contributed by atoms with Gasteiger partial charge in [-0.25, -0.2) is 4.57 Å². The molecule has 0 atom stereocenters. The molecule has 0 amide bonds. The molecule has 0 aliphatic carbocycles. The van der Waals surface area contributed by atoms with E-state index in [1.54, 1.807) is 49.4 Å². The number of benzene rings is 3. The Kier molecular flexibility index (Phi) is 3.66. The van der Waals surface area contributed by atoms with Crippen LogP contribution in [-0.4, -0.2) is 4.57 Å². The van der Waals surface area contributed by atoms with Crippen LogP contribution in [0.4, 0.5) is 0 Å². The van der Waals surface area contributed by atoms with Gasteiger partial charge in [-0.1, -0.05) is 54.1 Å². The molecule has 4 rings (SSSR count). The van der Waals surface area contributed by atoms with Gasteiger partial charge in [-0.15, -0.1) is 0 Å². The van der Waals surface area contributed by atoms with Crippen molar-refractivity contribution in [3.05, 3.63) is 98.0 Å². The Hall–Kier alpha value is -2.91. The summed E-state index contributed by atoms with van der Waals surface area (Å²) in [5.41, 5.74) is 0.515. The first-order chi connectivity index (χ1) is 12.1. The highest BCUT2D eigenvalue weighted by molar-refractivity contribution is 6.31. The van der Waals surface area contributed by atoms with Crippen LogP contribution in [0.5, 0.6) is 0 Å². The van der Waals surface area contributed by atoms with Crippen LogP contribution in [-0.2, 0) is 0 Å². The van der Waals surface area contributed by atoms with Crippen LogP contribution < -0.4 is 11.1 Å². The second kappa shape index (κ2) is 5.87. The van der Waals surface area contributed by atoms with E-state index in [1.807, 2.05) is 24.3 Å². The molecule has 3 aromatic carbocycles. The highest BCUT2D eigenvalue weighted by Crippen LogP contribution is 2.23. The lowest BCUT2D eigenvalue weighted by molar-refractivity contribution is 0.964. The van der Waals surface area contributed by atoms with Crippen molar-refractivity contribution >= 4 is 33.1 Å². The number of hydrogen-bond donors (Lipinski definition) is 0. The molecular weight excluding hydrogens is 334 g/mol. The first-order valence-electron chi connectivity index (χ1n) is 7.92. The minimum Gasteiger partial charge on any atom is -0.268 e. The number of nitrogens with zero attached hydrogens (tertiary/aromatic N) is 1. The zero-order valence-corrected chi connectivity index (χ0v) is 14.2. The van der Waals surface area contributed by atoms with Crippen molar-refractivity contribution in [1.82, 2.24) is 4.57 Å². The monoisotopic (exact) mass is 347 g/mol. The highest BCUT2D eigenvalue weighted by atomic mass is 35.5. The summed E-state index contributed by atoms with van der Waals surface area (Å²) >= 11 is 6.22. The van der Waals surface area contributed by atoms with E-state index in [4.69, 9.17) is 11.6 Å². The first kappa shape index (κ1) is 15.6. The molecule has 1 aromatic heterocycles. The maximum atomic E-state index is 13.2. The van der Waals surface area contributed by atoms with Gasteiger partial charge in [-0.05, 0) is 47.5 Å². The van der Waals surface area contributed by atoms with Gasteiger partial charge in [-0.2, -0.15) is 0 Å². The summed E-state index contributed by atoms with van der Waals surface area (Å²) < 4.78 is 1.23. The maximum Gasteiger partial charge on any atom is 0.265 e. The number of rotatable bonds is 1. The summed E-state index contributed by atoms with van der Waals surface area (Å²) in [6, 6.07) is 19.8. The molecule has 25 heavy (non-hydrogen) atoms. The molecule has 0 saturated carbocycles. The van der Waals surface area contributed by atoms with Gasteiger partial charge in [0.25, 0.3) is 11.1 Å². The van der Waals surface area contributed by atoms with E-state index in [2.05, 4.69) is 0 Å². The summed E-state index contributed by atoms with van der Waals surface area (Å²) in [6.07, 6.45) is 0. The van der Waals surface area contributed by atoms with Crippen LogP contribution in [0.15, 0.2) is 76.3 Å². The van der Waals surface area contributed by atoms with Gasteiger partial charge in [0.2, 0.25) is 0 Å². The van der Waals surface area contributed by atoms with Crippen molar-refractivity contribution in [2.24, 2.45) is 0 Å². The second-order valence-electron chi connectivity index (χ2n) is 5.92. The fourth-order valence-corrected chi connectivity index (χ4v) is 3.37. The smallest absolute Gasteiger partial charge is 0.265 e. The Morgan fingerprint density at radius 1 is 0.680 bits per heavy atom. The molecule has 0 unspecified atom stereocenters. The zero-order valence-electron chi connectivity index (χ0n) is 13.5. The third-order valence-electron chi connectivity index (χ3n) is 4.49. The molecule has 0 aliphatic heterocycles. The Bertz CT molecular complexity index is 1190. The Morgan fingerprint density at radius 2 is 1.16 bits per heavy atom. The molecule has 4 aromatic rings. The average molecular weight is 348 g/mol. The molecule has 0 fully saturated rings. The van der Waals surface area contributed by atoms with Gasteiger partial charge in [0, 0.05) is 15.8 Å². The van der Waals surface area contributed by atoms with Gasteiger partial charge in [-0.3, -0.25) is 9.59 Å². The molecular formula is C21H14ClNO2. The normalized spacial score (nSPS) is 11.1. The summed E-state index contributed by atoms with van der Waals surface area (Å²) in [5.74, 6) is 0. The van der Waals surface area contributed by atoms with Gasteiger partial charge in [0.1, 0.15) is 0 Å². The van der Waals surface area contributed by atoms with Crippen molar-refractivity contribution in [3.63, 3.8) is 0 Å². The number of halogens is 1. The number of fused-ring (bicyclic) bond motifs is 3. The molecule has 0 radical (unpaired) electrons. The van der Waals surface area contributed by atoms with Crippen molar-refractivity contribution in [2.75, 3.05) is 0 Å². The average Bonchev–Trinajstić information content (AvgIpc) is 2.73. The summed E-state index contributed by atoms with van der Waals surface area (Å²) in [6.45, 7) is 1.81. The fraction of sp³-hybridized carbons (Fsp3) is 0.0476. The first-order valence-corrected chi connectivity index (χ1v) is 8.29. The lowest BCUT2D eigenvalue weighted by atomic mass is 10.1. The van der Waals surface area contributed by atoms with E-state index in [0.717, 1.165) is 10.8 Å². The van der Waals surface area contributed by atoms with Gasteiger partial charge < -0.3 is 0 Å². The molecule has 0 bridgehead atoms. The highest BCUT2D eigenvalue weighted by Gasteiger charge is 2.14. The van der Waals surface area contributed by atoms with Crippen molar-refractivity contribution in [2.45, 2.75) is 6.92 Å². The van der Waals surface area contributed by atoms with Crippen LogP contribution in [0, 0.1) is 6.92 Å². The van der Waals surface area contributed by atoms with Crippen molar-refractivity contribution in [3.8, 4) is 5.69 Å². The topological polar surface area (TPSA) is 39.1 Å². The zero-order chi connectivity index (χ0) is 17.6. The molecule has 4 heteroatoms. The summed E-state index contributed by atoms with van der Waals surface area (Å²) in [5, 5.41) is 3.04. The lowest BCUT2D eigenvalue weighted by Gasteiger charge is -2.08. The molecule has 0 spiro atoms. The van der Waals surface area contributed by atoms with Crippen LogP contribution >= 0.6 is 11.6 Å². The van der Waals surface area contributed by atoms with E-state index in [-0.39, 0.29) is 11.1 Å². The van der Waals surface area contributed by atoms with Crippen LogP contribution in [0.2, 0.25) is 5.02 Å². The molecule has 3 nitrogen and oxygen atoms in total. The lowest BCUT2D eigenvalue weighted by Crippen LogP contribution is -2.29. The van der Waals surface area contributed by atoms with Crippen molar-refractivity contribution in [1.29, 1.82) is 0 Å². The maximum absolute atomic E-state index is 13.2. The third-order valence-corrected chi connectivity index (χ3v) is 4.90. The molecule has 0 N–H and O–H groups in total. The quantitative estimate of drug-likeness (QED) is 0.509. The summed E-state index contributed by atoms with van der Waals surface area (Å²) in [4.78, 5) is 26.5. The van der Waals surface area contributed by atoms with Gasteiger partial charge >= 0.3 is 0 Å². The summed E-state index contributed by atoms with van der Waals surface area (Å²) in [7, 11) is 0. The van der Waals surface area contributed by atoms with Crippen LogP contribution in [0.1, 0.15) is 5.56 Å². The molecule has 1 heterocycles. The Balaban J connectivity index is 2.36.